The molecule has 19 heavy (non-hydrogen) atoms. The van der Waals surface area contributed by atoms with Gasteiger partial charge in [-0.15, -0.1) is 0 Å². The van der Waals surface area contributed by atoms with E-state index >= 15 is 0 Å². The van der Waals surface area contributed by atoms with Crippen LogP contribution in [-0.2, 0) is 0 Å². The Balaban J connectivity index is 2.34. The molecule has 0 bridgehead atoms. The van der Waals surface area contributed by atoms with Crippen LogP contribution < -0.4 is 5.43 Å². The molecule has 0 saturated carbocycles. The first-order valence-corrected chi connectivity index (χ1v) is 5.67. The summed E-state index contributed by atoms with van der Waals surface area (Å²) in [6.45, 7) is 0. The Labute approximate surface area is 107 Å². The van der Waals surface area contributed by atoms with Gasteiger partial charge in [-0.05, 0) is 0 Å². The highest BCUT2D eigenvalue weighted by molar-refractivity contribution is 5.80. The zero-order chi connectivity index (χ0) is 13.4. The SMILES string of the molecule is O=c1cc(-c2ccccc2)oc2cc(O)cc(F)c12. The maximum Gasteiger partial charge on any atom is 0.196 e. The molecule has 3 nitrogen and oxygen atoms in total. The number of halogens is 1. The fourth-order valence-electron chi connectivity index (χ4n) is 1.97. The standard InChI is InChI=1S/C15H9FO3/c16-11-6-10(17)7-14-15(11)12(18)8-13(19-14)9-4-2-1-3-5-9/h1-8,17H. The number of aromatic hydroxyl groups is 1. The summed E-state index contributed by atoms with van der Waals surface area (Å²) in [5.74, 6) is -0.732. The van der Waals surface area contributed by atoms with Gasteiger partial charge in [0.15, 0.2) is 5.43 Å². The van der Waals surface area contributed by atoms with Crippen molar-refractivity contribution in [2.24, 2.45) is 0 Å². The summed E-state index contributed by atoms with van der Waals surface area (Å²) in [6.07, 6.45) is 0. The lowest BCUT2D eigenvalue weighted by atomic mass is 10.1. The smallest absolute Gasteiger partial charge is 0.196 e. The highest BCUT2D eigenvalue weighted by Crippen LogP contribution is 2.26. The van der Waals surface area contributed by atoms with Crippen molar-refractivity contribution in [3.8, 4) is 17.1 Å². The largest absolute Gasteiger partial charge is 0.508 e. The van der Waals surface area contributed by atoms with Crippen LogP contribution in [0.5, 0.6) is 5.75 Å². The van der Waals surface area contributed by atoms with Crippen LogP contribution in [0.3, 0.4) is 0 Å². The van der Waals surface area contributed by atoms with Crippen LogP contribution in [0.25, 0.3) is 22.3 Å². The molecular weight excluding hydrogens is 247 g/mol. The maximum atomic E-state index is 13.6. The predicted molar refractivity (Wildman–Crippen MR) is 69.5 cm³/mol. The Morgan fingerprint density at radius 1 is 1.05 bits per heavy atom. The van der Waals surface area contributed by atoms with Crippen LogP contribution in [0.4, 0.5) is 4.39 Å². The summed E-state index contributed by atoms with van der Waals surface area (Å²) in [4.78, 5) is 11.9. The molecule has 0 amide bonds. The van der Waals surface area contributed by atoms with Crippen LogP contribution in [0, 0.1) is 5.82 Å². The van der Waals surface area contributed by atoms with Gasteiger partial charge in [0.2, 0.25) is 0 Å². The summed E-state index contributed by atoms with van der Waals surface area (Å²) in [5.41, 5.74) is 0.270. The van der Waals surface area contributed by atoms with E-state index in [0.29, 0.717) is 11.3 Å². The molecule has 3 rings (SSSR count). The van der Waals surface area contributed by atoms with Crippen LogP contribution in [0.15, 0.2) is 57.7 Å². The normalized spacial score (nSPS) is 10.8. The van der Waals surface area contributed by atoms with Crippen molar-refractivity contribution >= 4 is 11.0 Å². The third-order valence-electron chi connectivity index (χ3n) is 2.83. The molecule has 0 spiro atoms. The number of fused-ring (bicyclic) bond motifs is 1. The van der Waals surface area contributed by atoms with Gasteiger partial charge in [0.1, 0.15) is 28.3 Å². The van der Waals surface area contributed by atoms with Crippen molar-refractivity contribution in [2.45, 2.75) is 0 Å². The third-order valence-corrected chi connectivity index (χ3v) is 2.83. The molecule has 0 unspecified atom stereocenters. The summed E-state index contributed by atoms with van der Waals surface area (Å²) in [6, 6.07) is 12.4. The predicted octanol–water partition coefficient (Wildman–Crippen LogP) is 3.30. The number of phenols is 1. The van der Waals surface area contributed by atoms with E-state index in [1.807, 2.05) is 18.2 Å². The molecule has 4 heteroatoms. The summed E-state index contributed by atoms with van der Waals surface area (Å²) in [7, 11) is 0. The van der Waals surface area contributed by atoms with Crippen LogP contribution in [-0.4, -0.2) is 5.11 Å². The van der Waals surface area contributed by atoms with Gasteiger partial charge in [0, 0.05) is 23.8 Å². The van der Waals surface area contributed by atoms with Gasteiger partial charge < -0.3 is 9.52 Å². The Morgan fingerprint density at radius 2 is 1.79 bits per heavy atom. The topological polar surface area (TPSA) is 50.4 Å². The van der Waals surface area contributed by atoms with Crippen LogP contribution in [0.2, 0.25) is 0 Å². The highest BCUT2D eigenvalue weighted by atomic mass is 19.1. The fraction of sp³-hybridized carbons (Fsp3) is 0. The van der Waals surface area contributed by atoms with E-state index < -0.39 is 11.2 Å². The van der Waals surface area contributed by atoms with Gasteiger partial charge in [-0.2, -0.15) is 0 Å². The number of phenolic OH excluding ortho intramolecular Hbond substituents is 1. The molecule has 0 radical (unpaired) electrons. The number of rotatable bonds is 1. The first-order valence-electron chi connectivity index (χ1n) is 5.67. The van der Waals surface area contributed by atoms with E-state index in [2.05, 4.69) is 0 Å². The average molecular weight is 256 g/mol. The van der Waals surface area contributed by atoms with E-state index in [1.165, 1.54) is 12.1 Å². The van der Waals surface area contributed by atoms with Gasteiger partial charge in [-0.25, -0.2) is 4.39 Å². The second-order valence-electron chi connectivity index (χ2n) is 4.14. The zero-order valence-corrected chi connectivity index (χ0v) is 9.76. The van der Waals surface area contributed by atoms with E-state index in [0.717, 1.165) is 6.07 Å². The van der Waals surface area contributed by atoms with Crippen LogP contribution in [0.1, 0.15) is 0 Å². The van der Waals surface area contributed by atoms with E-state index in [9.17, 15) is 14.3 Å². The zero-order valence-electron chi connectivity index (χ0n) is 9.76. The minimum Gasteiger partial charge on any atom is -0.508 e. The first kappa shape index (κ1) is 11.5. The van der Waals surface area contributed by atoms with Gasteiger partial charge in [-0.3, -0.25) is 4.79 Å². The van der Waals surface area contributed by atoms with Gasteiger partial charge in [0.05, 0.1) is 0 Å². The molecule has 0 aliphatic rings. The molecule has 0 atom stereocenters. The lowest BCUT2D eigenvalue weighted by molar-refractivity contribution is 0.468. The Morgan fingerprint density at radius 3 is 2.53 bits per heavy atom. The van der Waals surface area contributed by atoms with Crippen LogP contribution >= 0.6 is 0 Å². The average Bonchev–Trinajstić information content (AvgIpc) is 2.38. The molecule has 1 N–H and O–H groups in total. The highest BCUT2D eigenvalue weighted by Gasteiger charge is 2.12. The molecule has 0 fully saturated rings. The van der Waals surface area contributed by atoms with E-state index in [-0.39, 0.29) is 16.7 Å². The minimum absolute atomic E-state index is 0.0313. The second-order valence-corrected chi connectivity index (χ2v) is 4.14. The quantitative estimate of drug-likeness (QED) is 0.726. The maximum absolute atomic E-state index is 13.6. The fourth-order valence-corrected chi connectivity index (χ4v) is 1.97. The Kier molecular flexibility index (Phi) is 2.56. The third kappa shape index (κ3) is 1.97. The summed E-state index contributed by atoms with van der Waals surface area (Å²) in [5, 5.41) is 9.21. The Bertz CT molecular complexity index is 807. The Hall–Kier alpha value is -2.62. The monoisotopic (exact) mass is 256 g/mol. The second kappa shape index (κ2) is 4.24. The molecule has 0 saturated heterocycles. The van der Waals surface area contributed by atoms with Gasteiger partial charge in [0.25, 0.3) is 0 Å². The molecular formula is C15H9FO3. The van der Waals surface area contributed by atoms with Crippen molar-refractivity contribution < 1.29 is 13.9 Å². The van der Waals surface area contributed by atoms with E-state index in [1.54, 1.807) is 12.1 Å². The molecule has 1 aromatic heterocycles. The number of hydrogen-bond acceptors (Lipinski definition) is 3. The molecule has 2 aromatic carbocycles. The molecule has 3 aromatic rings. The summed E-state index contributed by atoms with van der Waals surface area (Å²) >= 11 is 0. The molecule has 0 aliphatic carbocycles. The lowest BCUT2D eigenvalue weighted by Crippen LogP contribution is -2.02. The van der Waals surface area contributed by atoms with Crippen molar-refractivity contribution in [3.63, 3.8) is 0 Å². The van der Waals surface area contributed by atoms with Gasteiger partial charge >= 0.3 is 0 Å². The molecule has 1 heterocycles. The lowest BCUT2D eigenvalue weighted by Gasteiger charge is -2.04. The first-order chi connectivity index (χ1) is 9.15. The number of hydrogen-bond donors (Lipinski definition) is 1. The van der Waals surface area contributed by atoms with E-state index in [4.69, 9.17) is 4.42 Å². The van der Waals surface area contributed by atoms with Crippen molar-refractivity contribution in [2.75, 3.05) is 0 Å². The molecule has 94 valence electrons. The van der Waals surface area contributed by atoms with Gasteiger partial charge in [-0.1, -0.05) is 30.3 Å². The summed E-state index contributed by atoms with van der Waals surface area (Å²) < 4.78 is 19.1. The molecule has 0 aliphatic heterocycles. The minimum atomic E-state index is -0.789. The van der Waals surface area contributed by atoms with Crippen molar-refractivity contribution in [3.05, 3.63) is 64.6 Å². The number of benzene rings is 2. The van der Waals surface area contributed by atoms with Crippen molar-refractivity contribution in [1.82, 2.24) is 0 Å². The van der Waals surface area contributed by atoms with Crippen molar-refractivity contribution in [1.29, 1.82) is 0 Å².